The molecule has 0 aromatic rings. The van der Waals surface area contributed by atoms with E-state index in [9.17, 15) is 9.90 Å². The van der Waals surface area contributed by atoms with E-state index in [4.69, 9.17) is 0 Å². The average Bonchev–Trinajstić information content (AvgIpc) is 2.76. The Labute approximate surface area is 104 Å². The Bertz CT molecular complexity index is 308. The van der Waals surface area contributed by atoms with E-state index in [0.717, 1.165) is 24.9 Å². The number of carbonyl (C=O) groups is 1. The summed E-state index contributed by atoms with van der Waals surface area (Å²) in [6.07, 6.45) is 2.52. The van der Waals surface area contributed by atoms with E-state index in [1.54, 1.807) is 13.8 Å². The average molecular weight is 239 g/mol. The fourth-order valence-corrected chi connectivity index (χ4v) is 3.79. The van der Waals surface area contributed by atoms with Gasteiger partial charge in [-0.05, 0) is 43.9 Å². The number of fused-ring (bicyclic) bond motifs is 1. The van der Waals surface area contributed by atoms with Crippen molar-refractivity contribution in [3.63, 3.8) is 0 Å². The first-order valence-corrected chi connectivity index (χ1v) is 6.86. The molecule has 1 heterocycles. The van der Waals surface area contributed by atoms with Crippen molar-refractivity contribution in [2.75, 3.05) is 13.1 Å². The number of hydrogen-bond acceptors (Lipinski definition) is 2. The third kappa shape index (κ3) is 2.22. The van der Waals surface area contributed by atoms with Crippen molar-refractivity contribution in [1.29, 1.82) is 0 Å². The molecule has 3 nitrogen and oxygen atoms in total. The molecule has 98 valence electrons. The van der Waals surface area contributed by atoms with E-state index < -0.39 is 5.60 Å². The van der Waals surface area contributed by atoms with Gasteiger partial charge in [0.1, 0.15) is 5.60 Å². The fourth-order valence-electron chi connectivity index (χ4n) is 3.79. The highest BCUT2D eigenvalue weighted by molar-refractivity contribution is 5.84. The third-order valence-electron chi connectivity index (χ3n) is 4.85. The van der Waals surface area contributed by atoms with Gasteiger partial charge < -0.3 is 10.0 Å². The van der Waals surface area contributed by atoms with Crippen LogP contribution >= 0.6 is 0 Å². The van der Waals surface area contributed by atoms with Crippen LogP contribution in [0.5, 0.6) is 0 Å². The Balaban J connectivity index is 2.02. The number of aliphatic hydroxyl groups is 1. The smallest absolute Gasteiger partial charge is 0.253 e. The van der Waals surface area contributed by atoms with Gasteiger partial charge in [0.25, 0.3) is 5.91 Å². The lowest BCUT2D eigenvalue weighted by Crippen LogP contribution is -2.44. The van der Waals surface area contributed by atoms with Gasteiger partial charge in [-0.1, -0.05) is 20.3 Å². The lowest BCUT2D eigenvalue weighted by atomic mass is 9.89. The van der Waals surface area contributed by atoms with Gasteiger partial charge >= 0.3 is 0 Å². The second-order valence-electron chi connectivity index (χ2n) is 6.46. The van der Waals surface area contributed by atoms with Gasteiger partial charge in [-0.2, -0.15) is 0 Å². The van der Waals surface area contributed by atoms with Crippen LogP contribution in [-0.4, -0.2) is 34.6 Å². The van der Waals surface area contributed by atoms with E-state index in [2.05, 4.69) is 13.8 Å². The number of carbonyl (C=O) groups excluding carboxylic acids is 1. The summed E-state index contributed by atoms with van der Waals surface area (Å²) in [7, 11) is 0. The molecule has 1 N–H and O–H groups in total. The van der Waals surface area contributed by atoms with Crippen molar-refractivity contribution in [1.82, 2.24) is 4.90 Å². The molecular weight excluding hydrogens is 214 g/mol. The molecule has 0 aromatic carbocycles. The summed E-state index contributed by atoms with van der Waals surface area (Å²) in [6, 6.07) is 0. The lowest BCUT2D eigenvalue weighted by Gasteiger charge is -2.27. The van der Waals surface area contributed by atoms with E-state index in [-0.39, 0.29) is 5.91 Å². The van der Waals surface area contributed by atoms with Crippen molar-refractivity contribution in [3.05, 3.63) is 0 Å². The molecule has 1 saturated heterocycles. The summed E-state index contributed by atoms with van der Waals surface area (Å²) >= 11 is 0. The monoisotopic (exact) mass is 239 g/mol. The van der Waals surface area contributed by atoms with Gasteiger partial charge in [-0.15, -0.1) is 0 Å². The third-order valence-corrected chi connectivity index (χ3v) is 4.85. The minimum Gasteiger partial charge on any atom is -0.381 e. The van der Waals surface area contributed by atoms with Gasteiger partial charge in [0.05, 0.1) is 0 Å². The van der Waals surface area contributed by atoms with Crippen molar-refractivity contribution < 1.29 is 9.90 Å². The number of rotatable bonds is 2. The molecule has 1 aliphatic heterocycles. The summed E-state index contributed by atoms with van der Waals surface area (Å²) in [4.78, 5) is 13.9. The van der Waals surface area contributed by atoms with E-state index in [0.29, 0.717) is 11.8 Å². The molecule has 4 atom stereocenters. The minimum absolute atomic E-state index is 0.104. The Morgan fingerprint density at radius 1 is 1.41 bits per heavy atom. The van der Waals surface area contributed by atoms with E-state index in [1.807, 2.05) is 4.90 Å². The predicted molar refractivity (Wildman–Crippen MR) is 67.4 cm³/mol. The number of nitrogens with zero attached hydrogens (tertiary/aromatic N) is 1. The van der Waals surface area contributed by atoms with Crippen LogP contribution in [0.3, 0.4) is 0 Å². The summed E-state index contributed by atoms with van der Waals surface area (Å²) < 4.78 is 0. The van der Waals surface area contributed by atoms with E-state index in [1.165, 1.54) is 12.8 Å². The van der Waals surface area contributed by atoms with Gasteiger partial charge in [-0.25, -0.2) is 0 Å². The molecular formula is C14H25NO2. The first-order chi connectivity index (χ1) is 7.84. The first kappa shape index (κ1) is 12.9. The van der Waals surface area contributed by atoms with Crippen molar-refractivity contribution in [2.24, 2.45) is 23.7 Å². The molecule has 0 aromatic heterocycles. The van der Waals surface area contributed by atoms with Crippen LogP contribution < -0.4 is 0 Å². The van der Waals surface area contributed by atoms with Crippen LogP contribution in [0.4, 0.5) is 0 Å². The zero-order valence-electron chi connectivity index (χ0n) is 11.4. The van der Waals surface area contributed by atoms with Gasteiger partial charge in [0.2, 0.25) is 0 Å². The minimum atomic E-state index is -1.22. The van der Waals surface area contributed by atoms with Crippen LogP contribution in [0, 0.1) is 23.7 Å². The summed E-state index contributed by atoms with van der Waals surface area (Å²) in [5.74, 6) is 2.79. The highest BCUT2D eigenvalue weighted by Gasteiger charge is 2.47. The molecule has 1 saturated carbocycles. The zero-order chi connectivity index (χ0) is 12.8. The first-order valence-electron chi connectivity index (χ1n) is 6.86. The zero-order valence-corrected chi connectivity index (χ0v) is 11.4. The maximum atomic E-state index is 12.0. The number of likely N-dealkylation sites (tertiary alicyclic amines) is 1. The van der Waals surface area contributed by atoms with Gasteiger partial charge in [0.15, 0.2) is 0 Å². The molecule has 0 radical (unpaired) electrons. The van der Waals surface area contributed by atoms with Crippen LogP contribution in [0.15, 0.2) is 0 Å². The summed E-state index contributed by atoms with van der Waals surface area (Å²) in [5.41, 5.74) is -1.22. The van der Waals surface area contributed by atoms with Gasteiger partial charge in [0, 0.05) is 13.1 Å². The highest BCUT2D eigenvalue weighted by Crippen LogP contribution is 2.47. The Hall–Kier alpha value is -0.570. The normalized spacial score (nSPS) is 37.4. The molecule has 0 spiro atoms. The SMILES string of the molecule is CCC1CC2CN(C(=O)C(C)(C)O)CC2C1C. The van der Waals surface area contributed by atoms with Gasteiger partial charge in [-0.3, -0.25) is 4.79 Å². The molecule has 0 bridgehead atoms. The highest BCUT2D eigenvalue weighted by atomic mass is 16.3. The van der Waals surface area contributed by atoms with Crippen LogP contribution in [0.2, 0.25) is 0 Å². The molecule has 1 aliphatic carbocycles. The Morgan fingerprint density at radius 3 is 2.53 bits per heavy atom. The maximum Gasteiger partial charge on any atom is 0.253 e. The largest absolute Gasteiger partial charge is 0.381 e. The summed E-state index contributed by atoms with van der Waals surface area (Å²) in [6.45, 7) is 9.47. The number of amides is 1. The van der Waals surface area contributed by atoms with Crippen molar-refractivity contribution in [3.8, 4) is 0 Å². The molecule has 2 rings (SSSR count). The van der Waals surface area contributed by atoms with Crippen LogP contribution in [0.1, 0.15) is 40.5 Å². The maximum absolute atomic E-state index is 12.0. The quantitative estimate of drug-likeness (QED) is 0.799. The van der Waals surface area contributed by atoms with Crippen molar-refractivity contribution >= 4 is 5.91 Å². The second-order valence-corrected chi connectivity index (χ2v) is 6.46. The van der Waals surface area contributed by atoms with Crippen LogP contribution in [-0.2, 0) is 4.79 Å². The van der Waals surface area contributed by atoms with E-state index >= 15 is 0 Å². The second kappa shape index (κ2) is 4.27. The molecule has 2 aliphatic rings. The Morgan fingerprint density at radius 2 is 2.06 bits per heavy atom. The molecule has 1 amide bonds. The molecule has 4 unspecified atom stereocenters. The number of hydrogen-bond donors (Lipinski definition) is 1. The Kier molecular flexibility index (Phi) is 3.23. The molecule has 3 heteroatoms. The molecule has 17 heavy (non-hydrogen) atoms. The predicted octanol–water partition coefficient (Wildman–Crippen LogP) is 1.90. The summed E-state index contributed by atoms with van der Waals surface area (Å²) in [5, 5.41) is 9.78. The standard InChI is InChI=1S/C14H25NO2/c1-5-10-6-11-7-15(8-12(11)9(10)2)13(16)14(3,4)17/h9-12,17H,5-8H2,1-4H3. The van der Waals surface area contributed by atoms with Crippen LogP contribution in [0.25, 0.3) is 0 Å². The fraction of sp³-hybridized carbons (Fsp3) is 0.929. The molecule has 2 fully saturated rings. The lowest BCUT2D eigenvalue weighted by molar-refractivity contribution is -0.147. The van der Waals surface area contributed by atoms with Crippen molar-refractivity contribution in [2.45, 2.75) is 46.1 Å². The topological polar surface area (TPSA) is 40.5 Å².